The van der Waals surface area contributed by atoms with Crippen LogP contribution in [0.3, 0.4) is 0 Å². The second-order valence-electron chi connectivity index (χ2n) is 5.89. The van der Waals surface area contributed by atoms with E-state index in [-0.39, 0.29) is 22.2 Å². The summed E-state index contributed by atoms with van der Waals surface area (Å²) < 4.78 is 13.9. The smallest absolute Gasteiger partial charge is 0.311 e. The molecule has 2 heterocycles. The Labute approximate surface area is 159 Å². The van der Waals surface area contributed by atoms with Crippen LogP contribution < -0.4 is 4.90 Å². The number of pyridine rings is 1. The minimum atomic E-state index is -0.574. The molecule has 1 aliphatic heterocycles. The molecule has 1 amide bonds. The molecule has 0 unspecified atom stereocenters. The Morgan fingerprint density at radius 1 is 1.22 bits per heavy atom. The molecular weight excluding hydrogens is 375 g/mol. The minimum absolute atomic E-state index is 0.00447. The molecule has 0 aliphatic carbocycles. The summed E-state index contributed by atoms with van der Waals surface area (Å²) in [5.74, 6) is -0.536. The number of carbonyl (C=O) groups is 1. The summed E-state index contributed by atoms with van der Waals surface area (Å²) in [6.45, 7) is 1.61. The third-order valence-corrected chi connectivity index (χ3v) is 4.53. The summed E-state index contributed by atoms with van der Waals surface area (Å²) in [6.07, 6.45) is 4.19. The summed E-state index contributed by atoms with van der Waals surface area (Å²) in [5.41, 5.74) is 0.173. The third-order valence-electron chi connectivity index (χ3n) is 4.24. The molecule has 27 heavy (non-hydrogen) atoms. The summed E-state index contributed by atoms with van der Waals surface area (Å²) >= 11 is 5.72. The summed E-state index contributed by atoms with van der Waals surface area (Å²) in [7, 11) is 0. The molecule has 0 N–H and O–H groups in total. The maximum absolute atomic E-state index is 13.9. The van der Waals surface area contributed by atoms with Crippen LogP contribution in [0, 0.1) is 15.9 Å². The molecule has 1 aromatic carbocycles. The predicted octanol–water partition coefficient (Wildman–Crippen LogP) is 3.14. The molecule has 1 aromatic heterocycles. The Morgan fingerprint density at radius 3 is 2.67 bits per heavy atom. The summed E-state index contributed by atoms with van der Waals surface area (Å²) in [6, 6.07) is 7.49. The lowest BCUT2D eigenvalue weighted by atomic mass is 10.2. The molecule has 0 saturated carbocycles. The number of piperazine rings is 1. The van der Waals surface area contributed by atoms with Gasteiger partial charge in [0.2, 0.25) is 11.7 Å². The van der Waals surface area contributed by atoms with E-state index in [1.807, 2.05) is 0 Å². The van der Waals surface area contributed by atoms with E-state index < -0.39 is 10.7 Å². The molecule has 140 valence electrons. The van der Waals surface area contributed by atoms with Gasteiger partial charge in [-0.15, -0.1) is 0 Å². The lowest BCUT2D eigenvalue weighted by molar-refractivity contribution is -0.384. The molecule has 3 rings (SSSR count). The SMILES string of the molecule is O=C(C=Cc1cccc(Cl)c1F)N1CCN(c2ncccc2[N+](=O)[O-])CC1. The van der Waals surface area contributed by atoms with E-state index in [0.29, 0.717) is 32.0 Å². The zero-order chi connectivity index (χ0) is 19.4. The molecule has 1 saturated heterocycles. The van der Waals surface area contributed by atoms with Crippen LogP contribution in [0.1, 0.15) is 5.56 Å². The number of rotatable bonds is 4. The van der Waals surface area contributed by atoms with Gasteiger partial charge >= 0.3 is 5.69 Å². The summed E-state index contributed by atoms with van der Waals surface area (Å²) in [5, 5.41) is 11.1. The van der Waals surface area contributed by atoms with Gasteiger partial charge < -0.3 is 9.80 Å². The van der Waals surface area contributed by atoms with E-state index in [1.165, 1.54) is 42.6 Å². The molecule has 0 atom stereocenters. The maximum Gasteiger partial charge on any atom is 0.311 e. The number of benzene rings is 1. The highest BCUT2D eigenvalue weighted by molar-refractivity contribution is 6.30. The first-order valence-corrected chi connectivity index (χ1v) is 8.60. The van der Waals surface area contributed by atoms with Crippen molar-refractivity contribution in [2.24, 2.45) is 0 Å². The molecule has 0 spiro atoms. The van der Waals surface area contributed by atoms with Crippen molar-refractivity contribution in [1.29, 1.82) is 0 Å². The van der Waals surface area contributed by atoms with Crippen molar-refractivity contribution in [2.75, 3.05) is 31.1 Å². The minimum Gasteiger partial charge on any atom is -0.347 e. The fraction of sp³-hybridized carbons (Fsp3) is 0.222. The van der Waals surface area contributed by atoms with Crippen molar-refractivity contribution in [1.82, 2.24) is 9.88 Å². The molecular formula is C18H16ClFN4O3. The molecule has 7 nitrogen and oxygen atoms in total. The number of halogens is 2. The highest BCUT2D eigenvalue weighted by Gasteiger charge is 2.25. The van der Waals surface area contributed by atoms with E-state index in [0.717, 1.165) is 0 Å². The van der Waals surface area contributed by atoms with Crippen LogP contribution in [0.15, 0.2) is 42.6 Å². The number of amides is 1. The normalized spacial score (nSPS) is 14.6. The van der Waals surface area contributed by atoms with Gasteiger partial charge in [0, 0.05) is 50.1 Å². The van der Waals surface area contributed by atoms with Crippen molar-refractivity contribution < 1.29 is 14.1 Å². The van der Waals surface area contributed by atoms with Crippen LogP contribution in [0.2, 0.25) is 5.02 Å². The Morgan fingerprint density at radius 2 is 1.96 bits per heavy atom. The highest BCUT2D eigenvalue weighted by atomic mass is 35.5. The average Bonchev–Trinajstić information content (AvgIpc) is 2.69. The van der Waals surface area contributed by atoms with Gasteiger partial charge in [-0.05, 0) is 18.2 Å². The molecule has 1 fully saturated rings. The topological polar surface area (TPSA) is 79.6 Å². The van der Waals surface area contributed by atoms with Crippen LogP contribution in [0.25, 0.3) is 6.08 Å². The van der Waals surface area contributed by atoms with Crippen LogP contribution in [-0.4, -0.2) is 46.9 Å². The first kappa shape index (κ1) is 18.8. The number of carbonyl (C=O) groups excluding carboxylic acids is 1. The number of nitro groups is 1. The van der Waals surface area contributed by atoms with E-state index in [1.54, 1.807) is 15.9 Å². The molecule has 0 bridgehead atoms. The average molecular weight is 391 g/mol. The van der Waals surface area contributed by atoms with Crippen molar-refractivity contribution >= 4 is 35.1 Å². The number of aromatic nitrogens is 1. The lowest BCUT2D eigenvalue weighted by Crippen LogP contribution is -2.48. The molecule has 2 aromatic rings. The number of hydrogen-bond donors (Lipinski definition) is 0. The summed E-state index contributed by atoms with van der Waals surface area (Å²) in [4.78, 5) is 30.5. The van der Waals surface area contributed by atoms with Gasteiger partial charge in [0.1, 0.15) is 5.82 Å². The largest absolute Gasteiger partial charge is 0.347 e. The first-order chi connectivity index (χ1) is 13.0. The monoisotopic (exact) mass is 390 g/mol. The molecule has 0 radical (unpaired) electrons. The number of anilines is 1. The van der Waals surface area contributed by atoms with Gasteiger partial charge in [0.25, 0.3) is 0 Å². The van der Waals surface area contributed by atoms with Crippen LogP contribution in [0.5, 0.6) is 0 Å². The van der Waals surface area contributed by atoms with Gasteiger partial charge in [0.15, 0.2) is 0 Å². The Hall–Kier alpha value is -3.00. The number of hydrogen-bond acceptors (Lipinski definition) is 5. The Balaban J connectivity index is 1.64. The molecule has 1 aliphatic rings. The van der Waals surface area contributed by atoms with Crippen LogP contribution in [0.4, 0.5) is 15.9 Å². The number of nitrogens with zero attached hydrogens (tertiary/aromatic N) is 4. The zero-order valence-corrected chi connectivity index (χ0v) is 15.0. The van der Waals surface area contributed by atoms with Crippen molar-refractivity contribution in [3.63, 3.8) is 0 Å². The van der Waals surface area contributed by atoms with Crippen molar-refractivity contribution in [2.45, 2.75) is 0 Å². The molecule has 9 heteroatoms. The second kappa shape index (κ2) is 8.13. The van der Waals surface area contributed by atoms with E-state index in [4.69, 9.17) is 11.6 Å². The fourth-order valence-electron chi connectivity index (χ4n) is 2.83. The van der Waals surface area contributed by atoms with E-state index in [9.17, 15) is 19.3 Å². The first-order valence-electron chi connectivity index (χ1n) is 8.22. The van der Waals surface area contributed by atoms with Crippen LogP contribution >= 0.6 is 11.6 Å². The van der Waals surface area contributed by atoms with Gasteiger partial charge in [-0.2, -0.15) is 0 Å². The van der Waals surface area contributed by atoms with Gasteiger partial charge in [-0.25, -0.2) is 9.37 Å². The van der Waals surface area contributed by atoms with Crippen molar-refractivity contribution in [3.8, 4) is 0 Å². The van der Waals surface area contributed by atoms with E-state index in [2.05, 4.69) is 4.98 Å². The van der Waals surface area contributed by atoms with Crippen LogP contribution in [-0.2, 0) is 4.79 Å². The lowest BCUT2D eigenvalue weighted by Gasteiger charge is -2.34. The fourth-order valence-corrected chi connectivity index (χ4v) is 3.01. The standard InChI is InChI=1S/C18H16ClFN4O3/c19-14-4-1-3-13(17(14)20)6-7-16(25)22-9-11-23(12-10-22)18-15(24(26)27)5-2-8-21-18/h1-8H,9-12H2. The van der Waals surface area contributed by atoms with Gasteiger partial charge in [-0.1, -0.05) is 23.7 Å². The Kier molecular flexibility index (Phi) is 5.66. The highest BCUT2D eigenvalue weighted by Crippen LogP contribution is 2.25. The van der Waals surface area contributed by atoms with Gasteiger partial charge in [-0.3, -0.25) is 14.9 Å². The second-order valence-corrected chi connectivity index (χ2v) is 6.30. The predicted molar refractivity (Wildman–Crippen MR) is 100 cm³/mol. The van der Waals surface area contributed by atoms with E-state index >= 15 is 0 Å². The van der Waals surface area contributed by atoms with Crippen molar-refractivity contribution in [3.05, 3.63) is 69.1 Å². The Bertz CT molecular complexity index is 898. The zero-order valence-electron chi connectivity index (χ0n) is 14.2. The third kappa shape index (κ3) is 4.22. The van der Waals surface area contributed by atoms with Gasteiger partial charge in [0.05, 0.1) is 9.95 Å². The quantitative estimate of drug-likeness (QED) is 0.455. The maximum atomic E-state index is 13.9.